The molecule has 1 aromatic rings. The number of carbonyl (C=O) groups excluding carboxylic acids is 4. The number of rotatable bonds is 13. The second-order valence-electron chi connectivity index (χ2n) is 9.15. The molecule has 0 aromatic heterocycles. The van der Waals surface area contributed by atoms with Crippen LogP contribution >= 0.6 is 24.8 Å². The average Bonchev–Trinajstić information content (AvgIpc) is 3.23. The van der Waals surface area contributed by atoms with E-state index in [2.05, 4.69) is 20.9 Å². The van der Waals surface area contributed by atoms with E-state index in [0.717, 1.165) is 32.7 Å². The highest BCUT2D eigenvalue weighted by atomic mass is 35.5. The van der Waals surface area contributed by atoms with Crippen molar-refractivity contribution in [1.29, 1.82) is 0 Å². The molecule has 3 N–H and O–H groups in total. The number of imide groups is 1. The normalized spacial score (nSPS) is 19.1. The van der Waals surface area contributed by atoms with Gasteiger partial charge in [0.2, 0.25) is 17.7 Å². The highest BCUT2D eigenvalue weighted by Crippen LogP contribution is 2.32. The molecule has 3 aliphatic rings. The first kappa shape index (κ1) is 32.9. The summed E-state index contributed by atoms with van der Waals surface area (Å²) < 4.78 is 16.5. The van der Waals surface area contributed by atoms with E-state index in [1.807, 2.05) is 0 Å². The van der Waals surface area contributed by atoms with Crippen LogP contribution in [-0.2, 0) is 35.1 Å². The van der Waals surface area contributed by atoms with E-state index in [0.29, 0.717) is 43.2 Å². The lowest BCUT2D eigenvalue weighted by atomic mass is 10.0. The topological polar surface area (TPSA) is 139 Å². The fraction of sp³-hybridized carbons (Fsp3) is 0.600. The third kappa shape index (κ3) is 9.38. The van der Waals surface area contributed by atoms with E-state index in [1.165, 1.54) is 4.90 Å². The lowest BCUT2D eigenvalue weighted by Crippen LogP contribution is -2.52. The molecule has 2 saturated heterocycles. The summed E-state index contributed by atoms with van der Waals surface area (Å²) in [6, 6.07) is 4.36. The Morgan fingerprint density at radius 2 is 1.67 bits per heavy atom. The Labute approximate surface area is 240 Å². The molecule has 0 bridgehead atoms. The maximum atomic E-state index is 12.9. The number of benzene rings is 1. The molecule has 0 aliphatic carbocycles. The summed E-state index contributed by atoms with van der Waals surface area (Å²) in [6.45, 7) is 7.39. The van der Waals surface area contributed by atoms with Gasteiger partial charge in [0.05, 0.1) is 33.0 Å². The van der Waals surface area contributed by atoms with Gasteiger partial charge in [0, 0.05) is 62.5 Å². The predicted octanol–water partition coefficient (Wildman–Crippen LogP) is 0.185. The van der Waals surface area contributed by atoms with Gasteiger partial charge in [0.25, 0.3) is 5.91 Å². The molecule has 39 heavy (non-hydrogen) atoms. The number of hydrogen-bond acceptors (Lipinski definition) is 9. The molecule has 3 heterocycles. The van der Waals surface area contributed by atoms with Crippen LogP contribution in [0.15, 0.2) is 18.2 Å². The fourth-order valence-corrected chi connectivity index (χ4v) is 4.62. The Kier molecular flexibility index (Phi) is 14.1. The third-order valence-electron chi connectivity index (χ3n) is 6.59. The van der Waals surface area contributed by atoms with Gasteiger partial charge in [-0.2, -0.15) is 0 Å². The van der Waals surface area contributed by atoms with E-state index >= 15 is 0 Å². The molecule has 12 nitrogen and oxygen atoms in total. The zero-order valence-corrected chi connectivity index (χ0v) is 23.4. The van der Waals surface area contributed by atoms with Crippen LogP contribution in [-0.4, -0.2) is 112 Å². The molecule has 0 spiro atoms. The average molecular weight is 591 g/mol. The molecular weight excluding hydrogens is 553 g/mol. The second-order valence-corrected chi connectivity index (χ2v) is 9.15. The minimum absolute atomic E-state index is 0. The number of anilines is 1. The summed E-state index contributed by atoms with van der Waals surface area (Å²) in [7, 11) is 0. The van der Waals surface area contributed by atoms with Gasteiger partial charge in [0.15, 0.2) is 0 Å². The number of amides is 4. The molecule has 1 atom stereocenters. The number of nitrogens with zero attached hydrogens (tertiary/aromatic N) is 2. The zero-order chi connectivity index (χ0) is 26.0. The van der Waals surface area contributed by atoms with Gasteiger partial charge in [-0.3, -0.25) is 29.4 Å². The summed E-state index contributed by atoms with van der Waals surface area (Å²) in [5.74, 6) is -1.45. The van der Waals surface area contributed by atoms with Crippen molar-refractivity contribution in [3.63, 3.8) is 0 Å². The van der Waals surface area contributed by atoms with E-state index in [1.54, 1.807) is 18.2 Å². The Hall–Kier alpha value is -2.32. The number of fused-ring (bicyclic) bond motifs is 1. The molecule has 3 aliphatic heterocycles. The van der Waals surface area contributed by atoms with E-state index < -0.39 is 11.9 Å². The van der Waals surface area contributed by atoms with Crippen molar-refractivity contribution in [3.8, 4) is 0 Å². The summed E-state index contributed by atoms with van der Waals surface area (Å²) in [5.41, 5.74) is 1.58. The highest BCUT2D eigenvalue weighted by Gasteiger charge is 2.39. The molecule has 4 rings (SSSR count). The Bertz CT molecular complexity index is 994. The van der Waals surface area contributed by atoms with Crippen molar-refractivity contribution < 1.29 is 33.4 Å². The number of hydrogen-bond donors (Lipinski definition) is 3. The number of carbonyl (C=O) groups is 4. The first-order valence-corrected chi connectivity index (χ1v) is 12.8. The summed E-state index contributed by atoms with van der Waals surface area (Å²) >= 11 is 0. The summed E-state index contributed by atoms with van der Waals surface area (Å²) in [4.78, 5) is 52.8. The van der Waals surface area contributed by atoms with Gasteiger partial charge < -0.3 is 29.7 Å². The lowest BCUT2D eigenvalue weighted by molar-refractivity contribution is -0.137. The SMILES string of the molecule is Cl.Cl.O=C1CCC(N2Cc3c(NC(=O)COCCOCCOCCN4CCNCC4)cccc3C2=O)C(=O)N1. The molecular formula is C25H37Cl2N5O7. The van der Waals surface area contributed by atoms with Crippen molar-refractivity contribution >= 4 is 54.1 Å². The number of piperidine rings is 1. The molecule has 0 radical (unpaired) electrons. The number of ether oxygens (including phenoxy) is 3. The molecule has 1 unspecified atom stereocenters. The van der Waals surface area contributed by atoms with Crippen LogP contribution in [0.5, 0.6) is 0 Å². The van der Waals surface area contributed by atoms with Crippen molar-refractivity contribution in [1.82, 2.24) is 20.4 Å². The first-order valence-electron chi connectivity index (χ1n) is 12.8. The van der Waals surface area contributed by atoms with Crippen molar-refractivity contribution in [2.45, 2.75) is 25.4 Å². The molecule has 0 saturated carbocycles. The van der Waals surface area contributed by atoms with Gasteiger partial charge in [-0.25, -0.2) is 0 Å². The van der Waals surface area contributed by atoms with E-state index in [9.17, 15) is 19.2 Å². The minimum atomic E-state index is -0.706. The van der Waals surface area contributed by atoms with Crippen LogP contribution in [0.2, 0.25) is 0 Å². The predicted molar refractivity (Wildman–Crippen MR) is 147 cm³/mol. The second kappa shape index (κ2) is 16.7. The number of nitrogens with one attached hydrogen (secondary N) is 3. The van der Waals surface area contributed by atoms with Crippen LogP contribution in [0, 0.1) is 0 Å². The highest BCUT2D eigenvalue weighted by molar-refractivity contribution is 6.06. The summed E-state index contributed by atoms with van der Waals surface area (Å²) in [6.07, 6.45) is 0.468. The molecule has 2 fully saturated rings. The van der Waals surface area contributed by atoms with Crippen molar-refractivity contribution in [3.05, 3.63) is 29.3 Å². The van der Waals surface area contributed by atoms with Crippen molar-refractivity contribution in [2.24, 2.45) is 0 Å². The zero-order valence-electron chi connectivity index (χ0n) is 21.8. The van der Waals surface area contributed by atoms with Gasteiger partial charge in [-0.1, -0.05) is 6.07 Å². The Morgan fingerprint density at radius 3 is 2.38 bits per heavy atom. The molecule has 4 amide bonds. The van der Waals surface area contributed by atoms with Gasteiger partial charge >= 0.3 is 0 Å². The van der Waals surface area contributed by atoms with Crippen LogP contribution in [0.25, 0.3) is 0 Å². The van der Waals surface area contributed by atoms with Gasteiger partial charge in [-0.05, 0) is 18.6 Å². The van der Waals surface area contributed by atoms with Crippen LogP contribution in [0.4, 0.5) is 5.69 Å². The van der Waals surface area contributed by atoms with Crippen molar-refractivity contribution in [2.75, 3.05) is 77.7 Å². The van der Waals surface area contributed by atoms with E-state index in [4.69, 9.17) is 14.2 Å². The first-order chi connectivity index (χ1) is 18.0. The minimum Gasteiger partial charge on any atom is -0.378 e. The van der Waals surface area contributed by atoms with Gasteiger partial charge in [0.1, 0.15) is 12.6 Å². The fourth-order valence-electron chi connectivity index (χ4n) is 4.62. The molecule has 14 heteroatoms. The van der Waals surface area contributed by atoms with Crippen LogP contribution in [0.1, 0.15) is 28.8 Å². The maximum Gasteiger partial charge on any atom is 0.255 e. The van der Waals surface area contributed by atoms with Crippen LogP contribution < -0.4 is 16.0 Å². The third-order valence-corrected chi connectivity index (χ3v) is 6.59. The summed E-state index contributed by atoms with van der Waals surface area (Å²) in [5, 5.41) is 8.40. The maximum absolute atomic E-state index is 12.9. The Morgan fingerprint density at radius 1 is 0.974 bits per heavy atom. The standard InChI is InChI=1S/C25H35N5O7.2ClH/c31-22-5-4-21(24(33)28-22)30-16-19-18(25(30)34)2-1-3-20(19)27-23(32)17-37-15-14-36-13-12-35-11-10-29-8-6-26-7-9-29;;/h1-3,21,26H,4-17H2,(H,27,32)(H,28,31,33);2*1H. The lowest BCUT2D eigenvalue weighted by Gasteiger charge is -2.29. The largest absolute Gasteiger partial charge is 0.378 e. The number of piperazine rings is 1. The molecule has 218 valence electrons. The quantitative estimate of drug-likeness (QED) is 0.217. The van der Waals surface area contributed by atoms with Crippen LogP contribution in [0.3, 0.4) is 0 Å². The Balaban J connectivity index is 0.00000267. The van der Waals surface area contributed by atoms with E-state index in [-0.39, 0.29) is 75.1 Å². The number of halogens is 2. The smallest absolute Gasteiger partial charge is 0.255 e. The molecule has 1 aromatic carbocycles. The van der Waals surface area contributed by atoms with Gasteiger partial charge in [-0.15, -0.1) is 24.8 Å². The monoisotopic (exact) mass is 589 g/mol.